The van der Waals surface area contributed by atoms with Crippen molar-refractivity contribution >= 4 is 21.9 Å². The summed E-state index contributed by atoms with van der Waals surface area (Å²) in [6.45, 7) is 0. The second kappa shape index (κ2) is 4.48. The molecule has 0 aliphatic heterocycles. The molecule has 0 fully saturated rings. The van der Waals surface area contributed by atoms with Crippen molar-refractivity contribution in [3.63, 3.8) is 0 Å². The van der Waals surface area contributed by atoms with E-state index in [1.54, 1.807) is 12.1 Å². The van der Waals surface area contributed by atoms with Crippen molar-refractivity contribution in [1.82, 2.24) is 0 Å². The van der Waals surface area contributed by atoms with Crippen LogP contribution >= 0.6 is 0 Å². The molecule has 0 spiro atoms. The summed E-state index contributed by atoms with van der Waals surface area (Å²) in [7, 11) is 4.32. The van der Waals surface area contributed by atoms with E-state index in [2.05, 4.69) is 0 Å². The number of benzene rings is 1. The minimum absolute atomic E-state index is 0.0184. The molecule has 0 aliphatic rings. The second-order valence-electron chi connectivity index (χ2n) is 4.08. The summed E-state index contributed by atoms with van der Waals surface area (Å²) in [6, 6.07) is 3.58. The zero-order valence-electron chi connectivity index (χ0n) is 11.2. The van der Waals surface area contributed by atoms with Gasteiger partial charge in [-0.1, -0.05) is 0 Å². The van der Waals surface area contributed by atoms with Crippen molar-refractivity contribution in [1.29, 1.82) is 0 Å². The predicted molar refractivity (Wildman–Crippen MR) is 71.9 cm³/mol. The van der Waals surface area contributed by atoms with Crippen LogP contribution in [0.5, 0.6) is 17.2 Å². The van der Waals surface area contributed by atoms with E-state index in [4.69, 9.17) is 23.0 Å². The van der Waals surface area contributed by atoms with Gasteiger partial charge in [-0.25, -0.2) is 4.79 Å². The van der Waals surface area contributed by atoms with Crippen molar-refractivity contribution in [3.05, 3.63) is 28.8 Å². The molecule has 0 saturated carbocycles. The molecule has 6 heteroatoms. The van der Waals surface area contributed by atoms with E-state index in [9.17, 15) is 4.79 Å². The van der Waals surface area contributed by atoms with Crippen LogP contribution in [-0.2, 0) is 0 Å². The van der Waals surface area contributed by atoms with Gasteiger partial charge >= 0.3 is 5.63 Å². The van der Waals surface area contributed by atoms with Gasteiger partial charge < -0.3 is 23.0 Å². The maximum atomic E-state index is 11.9. The lowest BCUT2D eigenvalue weighted by atomic mass is 10.1. The van der Waals surface area contributed by atoms with Crippen molar-refractivity contribution < 1.29 is 23.0 Å². The Bertz CT molecular complexity index is 842. The standard InChI is InChI=1S/C14H12O6/c1-16-10-8-6-7-4-5-19-9(7)12(17-2)11(8)20-14(15)13(10)18-3/h4-6H,1-3H3. The fourth-order valence-corrected chi connectivity index (χ4v) is 2.25. The first-order valence-corrected chi connectivity index (χ1v) is 5.84. The highest BCUT2D eigenvalue weighted by molar-refractivity contribution is 6.03. The summed E-state index contributed by atoms with van der Waals surface area (Å²) in [4.78, 5) is 11.9. The molecule has 1 aromatic carbocycles. The van der Waals surface area contributed by atoms with Gasteiger partial charge in [-0.15, -0.1) is 0 Å². The first kappa shape index (κ1) is 12.4. The molecule has 0 aliphatic carbocycles. The number of methoxy groups -OCH3 is 3. The number of rotatable bonds is 3. The lowest BCUT2D eigenvalue weighted by Gasteiger charge is -2.11. The molecule has 6 nitrogen and oxygen atoms in total. The number of hydrogen-bond acceptors (Lipinski definition) is 6. The number of ether oxygens (including phenoxy) is 3. The molecule has 0 radical (unpaired) electrons. The third-order valence-electron chi connectivity index (χ3n) is 3.10. The van der Waals surface area contributed by atoms with Crippen molar-refractivity contribution in [2.45, 2.75) is 0 Å². The summed E-state index contributed by atoms with van der Waals surface area (Å²) in [5.41, 5.74) is 0.133. The summed E-state index contributed by atoms with van der Waals surface area (Å²) in [6.07, 6.45) is 1.54. The van der Waals surface area contributed by atoms with Gasteiger partial charge in [0.15, 0.2) is 16.9 Å². The molecule has 0 bridgehead atoms. The molecule has 104 valence electrons. The minimum Gasteiger partial charge on any atom is -0.492 e. The number of furan rings is 1. The monoisotopic (exact) mass is 276 g/mol. The van der Waals surface area contributed by atoms with Crippen LogP contribution in [0.25, 0.3) is 21.9 Å². The van der Waals surface area contributed by atoms with Gasteiger partial charge in [-0.2, -0.15) is 0 Å². The van der Waals surface area contributed by atoms with Gasteiger partial charge in [0.05, 0.1) is 33.0 Å². The first-order chi connectivity index (χ1) is 9.71. The fraction of sp³-hybridized carbons (Fsp3) is 0.214. The lowest BCUT2D eigenvalue weighted by Crippen LogP contribution is -2.07. The van der Waals surface area contributed by atoms with E-state index in [1.165, 1.54) is 27.6 Å². The maximum absolute atomic E-state index is 11.9. The van der Waals surface area contributed by atoms with E-state index in [0.29, 0.717) is 22.5 Å². The van der Waals surface area contributed by atoms with Gasteiger partial charge in [0, 0.05) is 5.39 Å². The molecule has 0 N–H and O–H groups in total. The fourth-order valence-electron chi connectivity index (χ4n) is 2.25. The van der Waals surface area contributed by atoms with Gasteiger partial charge in [0.1, 0.15) is 0 Å². The van der Waals surface area contributed by atoms with Crippen LogP contribution < -0.4 is 19.8 Å². The Hall–Kier alpha value is -2.63. The molecule has 0 atom stereocenters. The Morgan fingerprint density at radius 1 is 0.950 bits per heavy atom. The quantitative estimate of drug-likeness (QED) is 0.685. The summed E-state index contributed by atoms with van der Waals surface area (Å²) in [5, 5.41) is 1.39. The SMILES string of the molecule is COc1c(OC)c2cc3ccoc3c(OC)c2oc1=O. The molecular formula is C14H12O6. The van der Waals surface area contributed by atoms with Crippen molar-refractivity contribution in [2.75, 3.05) is 21.3 Å². The Kier molecular flexibility index (Phi) is 2.78. The van der Waals surface area contributed by atoms with Gasteiger partial charge in [0.2, 0.25) is 11.5 Å². The summed E-state index contributed by atoms with van der Waals surface area (Å²) >= 11 is 0. The zero-order chi connectivity index (χ0) is 14.3. The molecule has 0 amide bonds. The third-order valence-corrected chi connectivity index (χ3v) is 3.10. The second-order valence-corrected chi connectivity index (χ2v) is 4.08. The Balaban J connectivity index is 2.58. The highest BCUT2D eigenvalue weighted by Crippen LogP contribution is 2.41. The largest absolute Gasteiger partial charge is 0.492 e. The molecule has 2 aromatic heterocycles. The van der Waals surface area contributed by atoms with Gasteiger partial charge in [-0.05, 0) is 12.1 Å². The van der Waals surface area contributed by atoms with Crippen LogP contribution in [0.4, 0.5) is 0 Å². The van der Waals surface area contributed by atoms with Gasteiger partial charge in [0.25, 0.3) is 0 Å². The van der Waals surface area contributed by atoms with Crippen LogP contribution in [0.1, 0.15) is 0 Å². The van der Waals surface area contributed by atoms with Crippen LogP contribution in [0.3, 0.4) is 0 Å². The molecule has 20 heavy (non-hydrogen) atoms. The molecule has 3 aromatic rings. The van der Waals surface area contributed by atoms with E-state index >= 15 is 0 Å². The van der Waals surface area contributed by atoms with Gasteiger partial charge in [-0.3, -0.25) is 0 Å². The molecule has 3 rings (SSSR count). The van der Waals surface area contributed by atoms with Crippen LogP contribution in [0.15, 0.2) is 32.0 Å². The van der Waals surface area contributed by atoms with E-state index in [1.807, 2.05) is 0 Å². The van der Waals surface area contributed by atoms with E-state index in [0.717, 1.165) is 5.39 Å². The van der Waals surface area contributed by atoms with E-state index < -0.39 is 5.63 Å². The van der Waals surface area contributed by atoms with Crippen molar-refractivity contribution in [2.24, 2.45) is 0 Å². The molecular weight excluding hydrogens is 264 g/mol. The zero-order valence-corrected chi connectivity index (χ0v) is 11.2. The number of hydrogen-bond donors (Lipinski definition) is 0. The Morgan fingerprint density at radius 2 is 1.65 bits per heavy atom. The van der Waals surface area contributed by atoms with Crippen molar-refractivity contribution in [3.8, 4) is 17.2 Å². The normalized spacial score (nSPS) is 10.9. The summed E-state index contributed by atoms with van der Waals surface area (Å²) in [5.74, 6) is 0.672. The maximum Gasteiger partial charge on any atom is 0.383 e. The predicted octanol–water partition coefficient (Wildman–Crippen LogP) is 2.57. The number of fused-ring (bicyclic) bond motifs is 2. The van der Waals surface area contributed by atoms with Crippen LogP contribution in [0, 0.1) is 0 Å². The molecule has 0 unspecified atom stereocenters. The minimum atomic E-state index is -0.638. The molecule has 2 heterocycles. The first-order valence-electron chi connectivity index (χ1n) is 5.84. The lowest BCUT2D eigenvalue weighted by molar-refractivity contribution is 0.335. The highest BCUT2D eigenvalue weighted by Gasteiger charge is 2.22. The van der Waals surface area contributed by atoms with E-state index in [-0.39, 0.29) is 11.3 Å². The smallest absolute Gasteiger partial charge is 0.383 e. The molecule has 0 saturated heterocycles. The average Bonchev–Trinajstić information content (AvgIpc) is 2.91. The Morgan fingerprint density at radius 3 is 2.30 bits per heavy atom. The summed E-state index contributed by atoms with van der Waals surface area (Å²) < 4.78 is 26.3. The highest BCUT2D eigenvalue weighted by atomic mass is 16.5. The average molecular weight is 276 g/mol. The van der Waals surface area contributed by atoms with Crippen LogP contribution in [-0.4, -0.2) is 21.3 Å². The van der Waals surface area contributed by atoms with Crippen LogP contribution in [0.2, 0.25) is 0 Å². The third kappa shape index (κ3) is 1.54. The topological polar surface area (TPSA) is 71.0 Å². The Labute approximate surface area is 113 Å².